The molecule has 0 aliphatic rings. The van der Waals surface area contributed by atoms with E-state index in [1.54, 1.807) is 0 Å². The van der Waals surface area contributed by atoms with E-state index in [1.807, 2.05) is 0 Å². The molecule has 14 heavy (non-hydrogen) atoms. The number of nitrogens with zero attached hydrogens (tertiary/aromatic N) is 1. The number of hydrogen-bond donors (Lipinski definition) is 5. The average molecular weight is 249 g/mol. The fourth-order valence-corrected chi connectivity index (χ4v) is 1.74. The highest BCUT2D eigenvalue weighted by molar-refractivity contribution is 7.53. The van der Waals surface area contributed by atoms with E-state index in [-0.39, 0.29) is 5.06 Å². The van der Waals surface area contributed by atoms with Crippen molar-refractivity contribution in [2.24, 2.45) is 0 Å². The van der Waals surface area contributed by atoms with Gasteiger partial charge in [0.1, 0.15) is 11.6 Å². The largest absolute Gasteiger partial charge is 0.344 e. The van der Waals surface area contributed by atoms with Crippen molar-refractivity contribution in [1.82, 2.24) is 5.06 Å². The highest BCUT2D eigenvalue weighted by Crippen LogP contribution is 2.48. The monoisotopic (exact) mass is 249 g/mol. The fourth-order valence-electron chi connectivity index (χ4n) is 0.620. The van der Waals surface area contributed by atoms with Gasteiger partial charge < -0.3 is 24.8 Å². The zero-order chi connectivity index (χ0) is 11.7. The predicted octanol–water partition coefficient (Wildman–Crippen LogP) is -0.275. The van der Waals surface area contributed by atoms with Crippen molar-refractivity contribution in [3.63, 3.8) is 0 Å². The summed E-state index contributed by atoms with van der Waals surface area (Å²) in [7, 11) is -9.21. The summed E-state index contributed by atoms with van der Waals surface area (Å²) >= 11 is 0. The maximum atomic E-state index is 10.6. The molecule has 5 N–H and O–H groups in total. The first kappa shape index (κ1) is 14.2. The topological polar surface area (TPSA) is 139 Å². The lowest BCUT2D eigenvalue weighted by molar-refractivity contribution is -0.117. The summed E-state index contributed by atoms with van der Waals surface area (Å²) in [6.45, 7) is 1.93. The standard InChI is InChI=1S/C4H13NO7P2/c1-3(13(7,8)9)5(6)4(2)14(10,11)12/h3-4,6H,1-2H3,(H2,7,8,9)(H2,10,11,12). The van der Waals surface area contributed by atoms with Crippen LogP contribution in [0.2, 0.25) is 0 Å². The Hall–Kier alpha value is 0.220. The van der Waals surface area contributed by atoms with Crippen molar-refractivity contribution in [2.45, 2.75) is 25.4 Å². The summed E-state index contributed by atoms with van der Waals surface area (Å²) in [6.07, 6.45) is 0. The minimum atomic E-state index is -4.60. The van der Waals surface area contributed by atoms with Crippen LogP contribution in [0.1, 0.15) is 13.8 Å². The fraction of sp³-hybridized carbons (Fsp3) is 1.00. The second-order valence-corrected chi connectivity index (χ2v) is 6.67. The van der Waals surface area contributed by atoms with Crippen LogP contribution in [-0.2, 0) is 9.13 Å². The van der Waals surface area contributed by atoms with E-state index in [0.717, 1.165) is 13.8 Å². The summed E-state index contributed by atoms with van der Waals surface area (Å²) in [6, 6.07) is 0. The molecule has 0 saturated heterocycles. The maximum Gasteiger partial charge on any atom is 0.344 e. The third kappa shape index (κ3) is 3.76. The van der Waals surface area contributed by atoms with Crippen LogP contribution >= 0.6 is 15.2 Å². The number of rotatable bonds is 4. The summed E-state index contributed by atoms with van der Waals surface area (Å²) in [5.74, 6) is -3.32. The molecule has 0 rings (SSSR count). The molecule has 2 unspecified atom stereocenters. The van der Waals surface area contributed by atoms with Gasteiger partial charge in [0.2, 0.25) is 0 Å². The van der Waals surface area contributed by atoms with Crippen molar-refractivity contribution in [3.8, 4) is 0 Å². The Bertz CT molecular complexity index is 253. The van der Waals surface area contributed by atoms with Crippen molar-refractivity contribution >= 4 is 15.2 Å². The van der Waals surface area contributed by atoms with Crippen molar-refractivity contribution in [2.75, 3.05) is 0 Å². The molecule has 0 fully saturated rings. The Morgan fingerprint density at radius 1 is 0.929 bits per heavy atom. The van der Waals surface area contributed by atoms with Gasteiger partial charge in [-0.05, 0) is 13.8 Å². The van der Waals surface area contributed by atoms with Crippen LogP contribution in [0, 0.1) is 0 Å². The molecule has 0 amide bonds. The molecule has 0 aromatic rings. The third-order valence-electron chi connectivity index (χ3n) is 1.74. The lowest BCUT2D eigenvalue weighted by Crippen LogP contribution is -2.37. The molecule has 0 bridgehead atoms. The Kier molecular flexibility index (Phi) is 4.45. The molecule has 2 atom stereocenters. The first-order valence-electron chi connectivity index (χ1n) is 3.55. The van der Waals surface area contributed by atoms with Crippen molar-refractivity contribution < 1.29 is 33.9 Å². The summed E-state index contributed by atoms with van der Waals surface area (Å²) in [4.78, 5) is 34.5. The van der Waals surface area contributed by atoms with Crippen LogP contribution in [-0.4, -0.2) is 41.4 Å². The highest BCUT2D eigenvalue weighted by atomic mass is 31.2. The number of hydrogen-bond acceptors (Lipinski definition) is 4. The van der Waals surface area contributed by atoms with Crippen LogP contribution in [0.3, 0.4) is 0 Å². The number of hydroxylamine groups is 2. The van der Waals surface area contributed by atoms with E-state index >= 15 is 0 Å². The molecule has 0 aliphatic carbocycles. The SMILES string of the molecule is CC(N(O)C(C)P(=O)(O)O)P(=O)(O)O. The average Bonchev–Trinajstić information content (AvgIpc) is 1.97. The van der Waals surface area contributed by atoms with Crippen molar-refractivity contribution in [1.29, 1.82) is 0 Å². The second-order valence-electron chi connectivity index (χ2n) is 2.82. The minimum Gasteiger partial charge on any atom is -0.323 e. The highest BCUT2D eigenvalue weighted by Gasteiger charge is 2.39. The predicted molar refractivity (Wildman–Crippen MR) is 46.6 cm³/mol. The van der Waals surface area contributed by atoms with Crippen molar-refractivity contribution in [3.05, 3.63) is 0 Å². The molecule has 0 radical (unpaired) electrons. The molecule has 0 aromatic heterocycles. The van der Waals surface area contributed by atoms with Gasteiger partial charge in [-0.3, -0.25) is 9.13 Å². The smallest absolute Gasteiger partial charge is 0.323 e. The van der Waals surface area contributed by atoms with Gasteiger partial charge in [0, 0.05) is 0 Å². The Labute approximate surface area is 80.4 Å². The van der Waals surface area contributed by atoms with E-state index in [0.29, 0.717) is 0 Å². The summed E-state index contributed by atoms with van der Waals surface area (Å²) < 4.78 is 21.3. The quantitative estimate of drug-likeness (QED) is 0.339. The van der Waals surface area contributed by atoms with Gasteiger partial charge in [-0.2, -0.15) is 5.06 Å². The van der Waals surface area contributed by atoms with Crippen LogP contribution in [0.5, 0.6) is 0 Å². The van der Waals surface area contributed by atoms with Gasteiger partial charge in [-0.15, -0.1) is 0 Å². The molecule has 0 aromatic carbocycles. The molecule has 0 aliphatic heterocycles. The zero-order valence-corrected chi connectivity index (χ0v) is 9.34. The third-order valence-corrected chi connectivity index (χ3v) is 4.16. The van der Waals surface area contributed by atoms with Gasteiger partial charge >= 0.3 is 15.2 Å². The van der Waals surface area contributed by atoms with Gasteiger partial charge in [-0.25, -0.2) is 0 Å². The van der Waals surface area contributed by atoms with E-state index in [2.05, 4.69) is 0 Å². The maximum absolute atomic E-state index is 10.6. The van der Waals surface area contributed by atoms with Crippen LogP contribution in [0.15, 0.2) is 0 Å². The minimum absolute atomic E-state index is 0.0262. The molecule has 10 heteroatoms. The molecular formula is C4H13NO7P2. The van der Waals surface area contributed by atoms with E-state index in [4.69, 9.17) is 24.8 Å². The molecule has 0 spiro atoms. The summed E-state index contributed by atoms with van der Waals surface area (Å²) in [5.41, 5.74) is 0. The second kappa shape index (κ2) is 4.38. The van der Waals surface area contributed by atoms with Crippen LogP contribution in [0.4, 0.5) is 0 Å². The molecule has 8 nitrogen and oxygen atoms in total. The lowest BCUT2D eigenvalue weighted by Gasteiger charge is -2.28. The Morgan fingerprint density at radius 3 is 1.29 bits per heavy atom. The first-order chi connectivity index (χ1) is 5.98. The molecular weight excluding hydrogens is 236 g/mol. The van der Waals surface area contributed by atoms with E-state index in [1.165, 1.54) is 0 Å². The van der Waals surface area contributed by atoms with Crippen LogP contribution < -0.4 is 0 Å². The van der Waals surface area contributed by atoms with E-state index < -0.39 is 26.8 Å². The van der Waals surface area contributed by atoms with Crippen LogP contribution in [0.25, 0.3) is 0 Å². The molecule has 86 valence electrons. The van der Waals surface area contributed by atoms with Gasteiger partial charge in [0.25, 0.3) is 0 Å². The zero-order valence-electron chi connectivity index (χ0n) is 7.55. The normalized spacial score (nSPS) is 18.3. The summed E-state index contributed by atoms with van der Waals surface area (Å²) in [5, 5.41) is 9.08. The first-order valence-corrected chi connectivity index (χ1v) is 6.92. The Balaban J connectivity index is 4.73. The molecule has 0 heterocycles. The van der Waals surface area contributed by atoms with Gasteiger partial charge in [0.15, 0.2) is 0 Å². The lowest BCUT2D eigenvalue weighted by atomic mass is 10.6. The van der Waals surface area contributed by atoms with E-state index in [9.17, 15) is 9.13 Å². The van der Waals surface area contributed by atoms with Gasteiger partial charge in [-0.1, -0.05) is 0 Å². The van der Waals surface area contributed by atoms with Gasteiger partial charge in [0.05, 0.1) is 0 Å². The Morgan fingerprint density at radius 2 is 1.14 bits per heavy atom. The molecule has 0 saturated carbocycles.